The van der Waals surface area contributed by atoms with E-state index < -0.39 is 10.0 Å². The third-order valence-electron chi connectivity index (χ3n) is 0.869. The fourth-order valence-electron chi connectivity index (χ4n) is 0.395. The van der Waals surface area contributed by atoms with Crippen LogP contribution < -0.4 is 5.14 Å². The SMILES string of the molecule is CO[C@@H](C)CS(N)(=O)=O. The molecule has 0 amide bonds. The summed E-state index contributed by atoms with van der Waals surface area (Å²) in [5, 5.41) is 4.70. The molecule has 5 heteroatoms. The molecule has 0 aliphatic heterocycles. The van der Waals surface area contributed by atoms with Crippen LogP contribution in [0.25, 0.3) is 0 Å². The predicted octanol–water partition coefficient (Wildman–Crippen LogP) is -0.690. The summed E-state index contributed by atoms with van der Waals surface area (Å²) >= 11 is 0. The van der Waals surface area contributed by atoms with Gasteiger partial charge in [-0.05, 0) is 6.92 Å². The van der Waals surface area contributed by atoms with Gasteiger partial charge in [0.2, 0.25) is 10.0 Å². The molecule has 0 aliphatic carbocycles. The van der Waals surface area contributed by atoms with E-state index in [0.717, 1.165) is 0 Å². The van der Waals surface area contributed by atoms with Gasteiger partial charge in [0.15, 0.2) is 0 Å². The maximum absolute atomic E-state index is 10.3. The van der Waals surface area contributed by atoms with Crippen molar-refractivity contribution in [3.63, 3.8) is 0 Å². The highest BCUT2D eigenvalue weighted by molar-refractivity contribution is 7.89. The summed E-state index contributed by atoms with van der Waals surface area (Å²) in [6, 6.07) is 0. The Morgan fingerprint density at radius 1 is 1.67 bits per heavy atom. The van der Waals surface area contributed by atoms with Gasteiger partial charge in [0, 0.05) is 7.11 Å². The molecule has 0 rings (SSSR count). The van der Waals surface area contributed by atoms with E-state index in [-0.39, 0.29) is 11.9 Å². The summed E-state index contributed by atoms with van der Waals surface area (Å²) in [7, 11) is -1.92. The van der Waals surface area contributed by atoms with E-state index in [2.05, 4.69) is 4.74 Å². The summed E-state index contributed by atoms with van der Waals surface area (Å²) in [4.78, 5) is 0. The third kappa shape index (κ3) is 5.75. The van der Waals surface area contributed by atoms with Crippen LogP contribution in [0.2, 0.25) is 0 Å². The standard InChI is InChI=1S/C4H11NO3S/c1-4(8-2)3-9(5,6)7/h4H,3H2,1-2H3,(H2,5,6,7)/t4-/m0/s1. The van der Waals surface area contributed by atoms with Crippen molar-refractivity contribution in [2.75, 3.05) is 12.9 Å². The molecule has 9 heavy (non-hydrogen) atoms. The van der Waals surface area contributed by atoms with Gasteiger partial charge in [-0.2, -0.15) is 0 Å². The van der Waals surface area contributed by atoms with E-state index in [1.165, 1.54) is 7.11 Å². The van der Waals surface area contributed by atoms with Gasteiger partial charge in [-0.15, -0.1) is 0 Å². The zero-order valence-corrected chi connectivity index (χ0v) is 6.31. The van der Waals surface area contributed by atoms with Gasteiger partial charge in [-0.25, -0.2) is 13.6 Å². The van der Waals surface area contributed by atoms with Crippen LogP contribution in [0.3, 0.4) is 0 Å². The smallest absolute Gasteiger partial charge is 0.211 e. The first-order chi connectivity index (χ1) is 3.95. The van der Waals surface area contributed by atoms with E-state index in [1.54, 1.807) is 6.92 Å². The van der Waals surface area contributed by atoms with E-state index in [4.69, 9.17) is 5.14 Å². The molecule has 0 aromatic rings. The number of methoxy groups -OCH3 is 1. The van der Waals surface area contributed by atoms with Gasteiger partial charge in [0.25, 0.3) is 0 Å². The van der Waals surface area contributed by atoms with Crippen LogP contribution in [0, 0.1) is 0 Å². The maximum atomic E-state index is 10.3. The highest BCUT2D eigenvalue weighted by Crippen LogP contribution is 1.89. The molecule has 1 atom stereocenters. The number of hydrogen-bond donors (Lipinski definition) is 1. The Morgan fingerprint density at radius 2 is 2.11 bits per heavy atom. The average molecular weight is 153 g/mol. The molecule has 0 unspecified atom stereocenters. The summed E-state index contributed by atoms with van der Waals surface area (Å²) < 4.78 is 25.3. The molecule has 0 spiro atoms. The van der Waals surface area contributed by atoms with Gasteiger partial charge in [-0.1, -0.05) is 0 Å². The van der Waals surface area contributed by atoms with Crippen molar-refractivity contribution >= 4 is 10.0 Å². The molecular formula is C4H11NO3S. The van der Waals surface area contributed by atoms with Crippen molar-refractivity contribution in [2.24, 2.45) is 5.14 Å². The number of rotatable bonds is 3. The van der Waals surface area contributed by atoms with Crippen molar-refractivity contribution < 1.29 is 13.2 Å². The van der Waals surface area contributed by atoms with E-state index in [9.17, 15) is 8.42 Å². The molecule has 0 aromatic heterocycles. The molecule has 0 heterocycles. The van der Waals surface area contributed by atoms with Gasteiger partial charge in [0.05, 0.1) is 11.9 Å². The quantitative estimate of drug-likeness (QED) is 0.583. The topological polar surface area (TPSA) is 69.4 Å². The van der Waals surface area contributed by atoms with Crippen molar-refractivity contribution in [3.8, 4) is 0 Å². The van der Waals surface area contributed by atoms with Crippen molar-refractivity contribution in [2.45, 2.75) is 13.0 Å². The van der Waals surface area contributed by atoms with Gasteiger partial charge >= 0.3 is 0 Å². The minimum Gasteiger partial charge on any atom is -0.381 e. The molecule has 0 saturated carbocycles. The second-order valence-electron chi connectivity index (χ2n) is 1.88. The van der Waals surface area contributed by atoms with Crippen LogP contribution in [0.4, 0.5) is 0 Å². The fraction of sp³-hybridized carbons (Fsp3) is 1.00. The van der Waals surface area contributed by atoms with Crippen LogP contribution in [-0.2, 0) is 14.8 Å². The molecule has 4 nitrogen and oxygen atoms in total. The molecule has 0 bridgehead atoms. The molecule has 56 valence electrons. The lowest BCUT2D eigenvalue weighted by Crippen LogP contribution is -2.25. The molecule has 0 saturated heterocycles. The minimum atomic E-state index is -3.36. The van der Waals surface area contributed by atoms with Crippen molar-refractivity contribution in [1.29, 1.82) is 0 Å². The highest BCUT2D eigenvalue weighted by atomic mass is 32.2. The third-order valence-corrected chi connectivity index (χ3v) is 1.80. The first-order valence-corrected chi connectivity index (χ1v) is 4.20. The largest absolute Gasteiger partial charge is 0.381 e. The second kappa shape index (κ2) is 3.14. The Morgan fingerprint density at radius 3 is 2.22 bits per heavy atom. The lowest BCUT2D eigenvalue weighted by Gasteiger charge is -2.05. The van der Waals surface area contributed by atoms with Gasteiger partial charge in [-0.3, -0.25) is 0 Å². The average Bonchev–Trinajstić information content (AvgIpc) is 1.62. The summed E-state index contributed by atoms with van der Waals surface area (Å²) in [5.74, 6) is -0.122. The first-order valence-electron chi connectivity index (χ1n) is 2.49. The van der Waals surface area contributed by atoms with Crippen LogP contribution >= 0.6 is 0 Å². The summed E-state index contributed by atoms with van der Waals surface area (Å²) in [5.41, 5.74) is 0. The Kier molecular flexibility index (Phi) is 3.10. The fourth-order valence-corrected chi connectivity index (χ4v) is 1.19. The van der Waals surface area contributed by atoms with Crippen LogP contribution in [0.1, 0.15) is 6.92 Å². The maximum Gasteiger partial charge on any atom is 0.211 e. The highest BCUT2D eigenvalue weighted by Gasteiger charge is 2.08. The Labute approximate surface area is 55.0 Å². The van der Waals surface area contributed by atoms with Gasteiger partial charge in [0.1, 0.15) is 0 Å². The van der Waals surface area contributed by atoms with Crippen molar-refractivity contribution in [1.82, 2.24) is 0 Å². The molecule has 0 radical (unpaired) electrons. The molecule has 0 fully saturated rings. The Balaban J connectivity index is 3.75. The predicted molar refractivity (Wildman–Crippen MR) is 34.4 cm³/mol. The zero-order chi connectivity index (χ0) is 7.49. The van der Waals surface area contributed by atoms with E-state index >= 15 is 0 Å². The molecule has 0 aliphatic rings. The van der Waals surface area contributed by atoms with Gasteiger partial charge < -0.3 is 4.74 Å². The second-order valence-corrected chi connectivity index (χ2v) is 3.53. The Hall–Kier alpha value is -0.130. The number of ether oxygens (including phenoxy) is 1. The van der Waals surface area contributed by atoms with E-state index in [1.807, 2.05) is 0 Å². The number of nitrogens with two attached hydrogens (primary N) is 1. The number of primary sulfonamides is 1. The van der Waals surface area contributed by atoms with Crippen LogP contribution in [-0.4, -0.2) is 27.4 Å². The lowest BCUT2D eigenvalue weighted by molar-refractivity contribution is 0.136. The normalized spacial score (nSPS) is 15.4. The molecule has 2 N–H and O–H groups in total. The van der Waals surface area contributed by atoms with Crippen molar-refractivity contribution in [3.05, 3.63) is 0 Å². The zero-order valence-electron chi connectivity index (χ0n) is 5.49. The lowest BCUT2D eigenvalue weighted by atomic mass is 10.5. The number of hydrogen-bond acceptors (Lipinski definition) is 3. The number of sulfonamides is 1. The van der Waals surface area contributed by atoms with Crippen LogP contribution in [0.15, 0.2) is 0 Å². The summed E-state index contributed by atoms with van der Waals surface area (Å²) in [6.07, 6.45) is -0.319. The molecular weight excluding hydrogens is 142 g/mol. The molecule has 0 aromatic carbocycles. The Bertz CT molecular complexity index is 163. The minimum absolute atomic E-state index is 0.122. The monoisotopic (exact) mass is 153 g/mol. The summed E-state index contributed by atoms with van der Waals surface area (Å²) in [6.45, 7) is 1.64. The van der Waals surface area contributed by atoms with E-state index in [0.29, 0.717) is 0 Å². The first kappa shape index (κ1) is 8.87. The van der Waals surface area contributed by atoms with Crippen LogP contribution in [0.5, 0.6) is 0 Å².